The van der Waals surface area contributed by atoms with Gasteiger partial charge in [0.1, 0.15) is 13.1 Å². The lowest BCUT2D eigenvalue weighted by Gasteiger charge is -2.09. The second-order valence-electron chi connectivity index (χ2n) is 5.45. The van der Waals surface area contributed by atoms with Crippen molar-refractivity contribution in [3.05, 3.63) is 0 Å². The predicted octanol–water partition coefficient (Wildman–Crippen LogP) is -5.52. The van der Waals surface area contributed by atoms with Gasteiger partial charge < -0.3 is 39.8 Å². The number of carbonyl (C=O) groups excluding carboxylic acids is 2. The van der Waals surface area contributed by atoms with Crippen LogP contribution in [-0.2, 0) is 19.2 Å². The van der Waals surface area contributed by atoms with E-state index in [1.54, 1.807) is 0 Å². The lowest BCUT2D eigenvalue weighted by atomic mass is 10.3. The van der Waals surface area contributed by atoms with Gasteiger partial charge in [-0.1, -0.05) is 0 Å². The normalized spacial score (nSPS) is 9.42. The molecule has 0 aromatic carbocycles. The minimum Gasteiger partial charge on any atom is -0.550 e. The molecule has 10 heteroatoms. The molecule has 0 spiro atoms. The molecule has 0 unspecified atom stereocenters. The summed E-state index contributed by atoms with van der Waals surface area (Å²) in [7, 11) is 8.73. The van der Waals surface area contributed by atoms with Gasteiger partial charge in [0.2, 0.25) is 0 Å². The molecule has 142 valence electrons. The third kappa shape index (κ3) is 42.7. The molecule has 0 saturated heterocycles. The molecule has 4 N–H and O–H groups in total. The van der Waals surface area contributed by atoms with Gasteiger partial charge in [-0.3, -0.25) is 9.59 Å². The molecule has 24 heavy (non-hydrogen) atoms. The Labute approximate surface area is 141 Å². The second-order valence-corrected chi connectivity index (χ2v) is 5.45. The summed E-state index contributed by atoms with van der Waals surface area (Å²) in [6, 6.07) is 0. The SMILES string of the molecule is C[NH+](C)CC[NH+](C)C.O=C(O)CCC(=O)O.O=C([O-])CCC(=O)[O-]. The first-order valence-electron chi connectivity index (χ1n) is 7.29. The molecule has 0 aromatic rings. The molecule has 0 radical (unpaired) electrons. The average molecular weight is 352 g/mol. The summed E-state index contributed by atoms with van der Waals surface area (Å²) < 4.78 is 0. The smallest absolute Gasteiger partial charge is 0.303 e. The van der Waals surface area contributed by atoms with Crippen LogP contribution in [0.15, 0.2) is 0 Å². The summed E-state index contributed by atoms with van der Waals surface area (Å²) in [5.74, 6) is -4.89. The zero-order valence-electron chi connectivity index (χ0n) is 14.6. The van der Waals surface area contributed by atoms with Crippen LogP contribution >= 0.6 is 0 Å². The standard InChI is InChI=1S/C6H16N2.2C4H6O4/c1-7(2)5-6-8(3)4;2*5-3(6)1-2-4(7)8/h5-6H2,1-4H3;2*1-2H2,(H,5,6)(H,7,8). The molecule has 0 aliphatic rings. The third-order valence-electron chi connectivity index (χ3n) is 2.21. The summed E-state index contributed by atoms with van der Waals surface area (Å²) in [5.41, 5.74) is 0. The van der Waals surface area contributed by atoms with Gasteiger partial charge >= 0.3 is 11.9 Å². The number of hydrogen-bond acceptors (Lipinski definition) is 6. The van der Waals surface area contributed by atoms with Gasteiger partial charge in [0.15, 0.2) is 0 Å². The van der Waals surface area contributed by atoms with Crippen molar-refractivity contribution in [3.63, 3.8) is 0 Å². The van der Waals surface area contributed by atoms with Gasteiger partial charge in [0.05, 0.1) is 41.0 Å². The first kappa shape index (κ1) is 26.7. The highest BCUT2D eigenvalue weighted by Crippen LogP contribution is 1.86. The lowest BCUT2D eigenvalue weighted by molar-refractivity contribution is -0.918. The van der Waals surface area contributed by atoms with Crippen LogP contribution in [0.25, 0.3) is 0 Å². The van der Waals surface area contributed by atoms with Crippen molar-refractivity contribution < 1.29 is 49.4 Å². The van der Waals surface area contributed by atoms with Crippen LogP contribution in [0.1, 0.15) is 25.7 Å². The molecular formula is C14H28N2O8. The number of carboxylic acids is 4. The van der Waals surface area contributed by atoms with Gasteiger partial charge in [0.25, 0.3) is 0 Å². The van der Waals surface area contributed by atoms with Crippen molar-refractivity contribution >= 4 is 23.9 Å². The van der Waals surface area contributed by atoms with Crippen LogP contribution < -0.4 is 20.0 Å². The number of hydrogen-bond donors (Lipinski definition) is 4. The number of nitrogens with one attached hydrogen (secondary N) is 2. The van der Waals surface area contributed by atoms with Crippen molar-refractivity contribution in [2.24, 2.45) is 0 Å². The molecule has 0 atom stereocenters. The quantitative estimate of drug-likeness (QED) is 0.319. The second kappa shape index (κ2) is 17.2. The number of rotatable bonds is 9. The summed E-state index contributed by atoms with van der Waals surface area (Å²) in [6.45, 7) is 2.53. The molecule has 10 nitrogen and oxygen atoms in total. The largest absolute Gasteiger partial charge is 0.550 e. The van der Waals surface area contributed by atoms with Crippen molar-refractivity contribution in [3.8, 4) is 0 Å². The maximum absolute atomic E-state index is 9.64. The molecule has 0 amide bonds. The lowest BCUT2D eigenvalue weighted by Crippen LogP contribution is -3.14. The zero-order chi connectivity index (χ0) is 19.7. The van der Waals surface area contributed by atoms with E-state index < -0.39 is 36.7 Å². The highest BCUT2D eigenvalue weighted by atomic mass is 16.4. The van der Waals surface area contributed by atoms with Gasteiger partial charge in [-0.25, -0.2) is 0 Å². The van der Waals surface area contributed by atoms with E-state index in [4.69, 9.17) is 10.2 Å². The molecular weight excluding hydrogens is 324 g/mol. The Morgan fingerprint density at radius 1 is 0.667 bits per heavy atom. The van der Waals surface area contributed by atoms with Crippen molar-refractivity contribution in [2.75, 3.05) is 41.3 Å². The Balaban J connectivity index is -0.000000276. The van der Waals surface area contributed by atoms with Crippen LogP contribution in [0.3, 0.4) is 0 Å². The molecule has 0 rings (SSSR count). The average Bonchev–Trinajstić information content (AvgIpc) is 2.42. The fourth-order valence-electron chi connectivity index (χ4n) is 0.918. The van der Waals surface area contributed by atoms with Gasteiger partial charge in [0, 0.05) is 11.9 Å². The molecule has 0 aliphatic heterocycles. The van der Waals surface area contributed by atoms with E-state index >= 15 is 0 Å². The van der Waals surface area contributed by atoms with Crippen LogP contribution in [0.4, 0.5) is 0 Å². The van der Waals surface area contributed by atoms with Crippen LogP contribution in [0.2, 0.25) is 0 Å². The first-order chi connectivity index (χ1) is 10.9. The Hall–Kier alpha value is -2.20. The topological polar surface area (TPSA) is 164 Å². The minimum atomic E-state index is -1.37. The number of carbonyl (C=O) groups is 4. The maximum Gasteiger partial charge on any atom is 0.303 e. The molecule has 0 aromatic heterocycles. The number of aliphatic carboxylic acids is 4. The van der Waals surface area contributed by atoms with Crippen molar-refractivity contribution in [1.29, 1.82) is 0 Å². The Morgan fingerprint density at radius 2 is 0.917 bits per heavy atom. The van der Waals surface area contributed by atoms with E-state index in [0.717, 1.165) is 0 Å². The minimum absolute atomic E-state index is 0.296. The molecule has 0 saturated carbocycles. The van der Waals surface area contributed by atoms with E-state index in [-0.39, 0.29) is 12.8 Å². The summed E-state index contributed by atoms with van der Waals surface area (Å²) in [6.07, 6.45) is -1.53. The van der Waals surface area contributed by atoms with Crippen LogP contribution in [-0.4, -0.2) is 75.4 Å². The number of carboxylic acid groups (broad SMARTS) is 4. The summed E-state index contributed by atoms with van der Waals surface area (Å²) in [5, 5.41) is 34.8. The highest BCUT2D eigenvalue weighted by molar-refractivity contribution is 5.75. The highest BCUT2D eigenvalue weighted by Gasteiger charge is 2.00. The van der Waals surface area contributed by atoms with Gasteiger partial charge in [-0.05, 0) is 12.8 Å². The fourth-order valence-corrected chi connectivity index (χ4v) is 0.918. The molecule has 0 bridgehead atoms. The third-order valence-corrected chi connectivity index (χ3v) is 2.21. The monoisotopic (exact) mass is 352 g/mol. The van der Waals surface area contributed by atoms with Crippen molar-refractivity contribution in [1.82, 2.24) is 0 Å². The summed E-state index contributed by atoms with van der Waals surface area (Å²) in [4.78, 5) is 41.4. The van der Waals surface area contributed by atoms with Crippen molar-refractivity contribution in [2.45, 2.75) is 25.7 Å². The summed E-state index contributed by atoms with van der Waals surface area (Å²) >= 11 is 0. The van der Waals surface area contributed by atoms with Crippen LogP contribution in [0, 0.1) is 0 Å². The maximum atomic E-state index is 9.64. The molecule has 0 heterocycles. The first-order valence-corrected chi connectivity index (χ1v) is 7.29. The van der Waals surface area contributed by atoms with E-state index in [9.17, 15) is 29.4 Å². The van der Waals surface area contributed by atoms with Gasteiger partial charge in [-0.15, -0.1) is 0 Å². The molecule has 0 fully saturated rings. The Bertz CT molecular complexity index is 319. The Morgan fingerprint density at radius 3 is 1.04 bits per heavy atom. The predicted molar refractivity (Wildman–Crippen MR) is 79.1 cm³/mol. The van der Waals surface area contributed by atoms with E-state index in [0.29, 0.717) is 0 Å². The van der Waals surface area contributed by atoms with Crippen LogP contribution in [0.5, 0.6) is 0 Å². The Kier molecular flexibility index (Phi) is 19.1. The number of quaternary nitrogens is 2. The van der Waals surface area contributed by atoms with E-state index in [1.165, 1.54) is 22.9 Å². The van der Waals surface area contributed by atoms with E-state index in [2.05, 4.69) is 28.2 Å². The number of likely N-dealkylation sites (N-methyl/N-ethyl adjacent to an activating group) is 2. The van der Waals surface area contributed by atoms with E-state index in [1.807, 2.05) is 0 Å². The molecule has 0 aliphatic carbocycles. The zero-order valence-corrected chi connectivity index (χ0v) is 14.6. The van der Waals surface area contributed by atoms with Gasteiger partial charge in [-0.2, -0.15) is 0 Å². The fraction of sp³-hybridized carbons (Fsp3) is 0.714.